The predicted molar refractivity (Wildman–Crippen MR) is 74.0 cm³/mol. The van der Waals surface area contributed by atoms with Gasteiger partial charge in [-0.3, -0.25) is 9.69 Å². The molecule has 5 heteroatoms. The Morgan fingerprint density at radius 3 is 2.95 bits per heavy atom. The summed E-state index contributed by atoms with van der Waals surface area (Å²) in [5.41, 5.74) is 1.15. The fourth-order valence-corrected chi connectivity index (χ4v) is 3.80. The summed E-state index contributed by atoms with van der Waals surface area (Å²) in [7, 11) is 2.20. The first-order valence-corrected chi connectivity index (χ1v) is 6.92. The lowest BCUT2D eigenvalue weighted by molar-refractivity contribution is 0.235. The largest absolute Gasteiger partial charge is 0.309 e. The van der Waals surface area contributed by atoms with Crippen molar-refractivity contribution in [2.24, 2.45) is 11.3 Å². The van der Waals surface area contributed by atoms with E-state index in [2.05, 4.69) is 33.7 Å². The highest BCUT2D eigenvalue weighted by Crippen LogP contribution is 2.41. The molecule has 0 bridgehead atoms. The van der Waals surface area contributed by atoms with E-state index in [0.717, 1.165) is 37.1 Å². The lowest BCUT2D eigenvalue weighted by atomic mass is 9.83. The number of aromatic nitrogens is 2. The van der Waals surface area contributed by atoms with Crippen LogP contribution >= 0.6 is 0 Å². The number of nitrogens with one attached hydrogen (secondary N) is 1. The van der Waals surface area contributed by atoms with Gasteiger partial charge in [-0.25, -0.2) is 4.98 Å². The minimum absolute atomic E-state index is 0.0483. The molecule has 0 amide bonds. The topological polar surface area (TPSA) is 52.2 Å². The Balaban J connectivity index is 1.71. The molecule has 2 fully saturated rings. The summed E-state index contributed by atoms with van der Waals surface area (Å²) in [4.78, 5) is 23.6. The first kappa shape index (κ1) is 12.8. The Bertz CT molecular complexity index is 540. The molecule has 3 heterocycles. The lowest BCUT2D eigenvalue weighted by Crippen LogP contribution is -2.31. The van der Waals surface area contributed by atoms with Crippen molar-refractivity contribution in [3.63, 3.8) is 0 Å². The molecule has 0 radical (unpaired) electrons. The molecule has 19 heavy (non-hydrogen) atoms. The zero-order valence-corrected chi connectivity index (χ0v) is 11.9. The van der Waals surface area contributed by atoms with Crippen LogP contribution in [0.2, 0.25) is 0 Å². The van der Waals surface area contributed by atoms with Crippen LogP contribution in [-0.2, 0) is 6.54 Å². The molecular formula is C14H22N4O. The molecule has 2 saturated heterocycles. The van der Waals surface area contributed by atoms with Crippen LogP contribution in [0.5, 0.6) is 0 Å². The Kier molecular flexibility index (Phi) is 2.98. The number of nitrogens with zero attached hydrogens (tertiary/aromatic N) is 3. The fraction of sp³-hybridized carbons (Fsp3) is 0.714. The molecule has 2 aliphatic rings. The number of likely N-dealkylation sites (tertiary alicyclic amines) is 2. The lowest BCUT2D eigenvalue weighted by Gasteiger charge is -2.23. The van der Waals surface area contributed by atoms with Gasteiger partial charge in [0.1, 0.15) is 5.82 Å². The maximum Gasteiger partial charge on any atom is 0.251 e. The van der Waals surface area contributed by atoms with E-state index in [0.29, 0.717) is 5.41 Å². The maximum absolute atomic E-state index is 11.5. The van der Waals surface area contributed by atoms with Crippen molar-refractivity contribution in [2.75, 3.05) is 33.2 Å². The predicted octanol–water partition coefficient (Wildman–Crippen LogP) is 0.462. The SMILES string of the molecule is Cc1cc(=O)[nH]c(CN2C[C@H]3CN(C)C[C@@]3(C)C2)n1. The first-order chi connectivity index (χ1) is 8.94. The summed E-state index contributed by atoms with van der Waals surface area (Å²) in [6, 6.07) is 1.54. The molecule has 1 aromatic heterocycles. The Morgan fingerprint density at radius 1 is 1.47 bits per heavy atom. The summed E-state index contributed by atoms with van der Waals surface area (Å²) in [6.07, 6.45) is 0. The number of rotatable bonds is 2. The molecule has 1 aromatic rings. The summed E-state index contributed by atoms with van der Waals surface area (Å²) in [6.45, 7) is 9.57. The van der Waals surface area contributed by atoms with Crippen LogP contribution in [0.15, 0.2) is 10.9 Å². The molecule has 3 rings (SSSR count). The molecule has 2 aliphatic heterocycles. The van der Waals surface area contributed by atoms with E-state index < -0.39 is 0 Å². The summed E-state index contributed by atoms with van der Waals surface area (Å²) in [5.74, 6) is 1.54. The van der Waals surface area contributed by atoms with Crippen molar-refractivity contribution in [2.45, 2.75) is 20.4 Å². The summed E-state index contributed by atoms with van der Waals surface area (Å²) < 4.78 is 0. The first-order valence-electron chi connectivity index (χ1n) is 6.92. The number of H-pyrrole nitrogens is 1. The van der Waals surface area contributed by atoms with Gasteiger partial charge in [0.15, 0.2) is 0 Å². The molecule has 1 N–H and O–H groups in total. The number of fused-ring (bicyclic) bond motifs is 1. The molecule has 0 aliphatic carbocycles. The third-order valence-electron chi connectivity index (χ3n) is 4.50. The quantitative estimate of drug-likeness (QED) is 0.841. The molecule has 2 atom stereocenters. The van der Waals surface area contributed by atoms with Gasteiger partial charge in [0.2, 0.25) is 0 Å². The second kappa shape index (κ2) is 4.42. The third kappa shape index (κ3) is 2.44. The van der Waals surface area contributed by atoms with Gasteiger partial charge in [-0.05, 0) is 25.3 Å². The number of aryl methyl sites for hydroxylation is 1. The average molecular weight is 262 g/mol. The van der Waals surface area contributed by atoms with Gasteiger partial charge in [0.25, 0.3) is 5.56 Å². The minimum atomic E-state index is -0.0483. The van der Waals surface area contributed by atoms with Crippen molar-refractivity contribution in [3.8, 4) is 0 Å². The highest BCUT2D eigenvalue weighted by Gasteiger charge is 2.47. The minimum Gasteiger partial charge on any atom is -0.309 e. The Morgan fingerprint density at radius 2 is 2.26 bits per heavy atom. The van der Waals surface area contributed by atoms with Gasteiger partial charge in [-0.15, -0.1) is 0 Å². The second-order valence-corrected chi connectivity index (χ2v) is 6.55. The molecule has 0 saturated carbocycles. The highest BCUT2D eigenvalue weighted by atomic mass is 16.1. The van der Waals surface area contributed by atoms with Gasteiger partial charge in [0, 0.05) is 37.9 Å². The van der Waals surface area contributed by atoms with E-state index in [-0.39, 0.29) is 5.56 Å². The van der Waals surface area contributed by atoms with E-state index >= 15 is 0 Å². The molecule has 104 valence electrons. The van der Waals surface area contributed by atoms with Crippen molar-refractivity contribution in [1.29, 1.82) is 0 Å². The van der Waals surface area contributed by atoms with Crippen LogP contribution in [0.1, 0.15) is 18.4 Å². The number of hydrogen-bond acceptors (Lipinski definition) is 4. The fourth-order valence-electron chi connectivity index (χ4n) is 3.80. The second-order valence-electron chi connectivity index (χ2n) is 6.55. The zero-order valence-electron chi connectivity index (χ0n) is 11.9. The molecule has 0 spiro atoms. The number of hydrogen-bond donors (Lipinski definition) is 1. The third-order valence-corrected chi connectivity index (χ3v) is 4.50. The monoisotopic (exact) mass is 262 g/mol. The van der Waals surface area contributed by atoms with E-state index in [1.807, 2.05) is 6.92 Å². The van der Waals surface area contributed by atoms with E-state index in [1.165, 1.54) is 13.1 Å². The van der Waals surface area contributed by atoms with Crippen LogP contribution < -0.4 is 5.56 Å². The van der Waals surface area contributed by atoms with Gasteiger partial charge < -0.3 is 9.88 Å². The van der Waals surface area contributed by atoms with Gasteiger partial charge in [0.05, 0.1) is 6.54 Å². The molecular weight excluding hydrogens is 240 g/mol. The van der Waals surface area contributed by atoms with Crippen LogP contribution in [0, 0.1) is 18.3 Å². The van der Waals surface area contributed by atoms with Crippen LogP contribution in [0.25, 0.3) is 0 Å². The van der Waals surface area contributed by atoms with Gasteiger partial charge >= 0.3 is 0 Å². The normalized spacial score (nSPS) is 31.8. The molecule has 5 nitrogen and oxygen atoms in total. The summed E-state index contributed by atoms with van der Waals surface area (Å²) >= 11 is 0. The van der Waals surface area contributed by atoms with Gasteiger partial charge in [-0.2, -0.15) is 0 Å². The van der Waals surface area contributed by atoms with Crippen molar-refractivity contribution in [1.82, 2.24) is 19.8 Å². The average Bonchev–Trinajstić information content (AvgIpc) is 2.65. The summed E-state index contributed by atoms with van der Waals surface area (Å²) in [5, 5.41) is 0. The highest BCUT2D eigenvalue weighted by molar-refractivity contribution is 5.04. The van der Waals surface area contributed by atoms with Crippen LogP contribution in [-0.4, -0.2) is 53.0 Å². The van der Waals surface area contributed by atoms with Crippen molar-refractivity contribution >= 4 is 0 Å². The van der Waals surface area contributed by atoms with Crippen LogP contribution in [0.4, 0.5) is 0 Å². The maximum atomic E-state index is 11.5. The standard InChI is InChI=1S/C14H22N4O/c1-10-4-13(19)16-12(15-10)7-18-6-11-5-17(3)8-14(11,2)9-18/h4,11H,5-9H2,1-3H3,(H,15,16,19)/t11-,14+/m1/s1. The smallest absolute Gasteiger partial charge is 0.251 e. The zero-order chi connectivity index (χ0) is 13.6. The van der Waals surface area contributed by atoms with E-state index in [4.69, 9.17) is 0 Å². The van der Waals surface area contributed by atoms with E-state index in [1.54, 1.807) is 6.07 Å². The number of aromatic amines is 1. The molecule has 0 aromatic carbocycles. The Hall–Kier alpha value is -1.20. The van der Waals surface area contributed by atoms with Crippen LogP contribution in [0.3, 0.4) is 0 Å². The Labute approximate surface area is 113 Å². The van der Waals surface area contributed by atoms with Crippen molar-refractivity contribution in [3.05, 3.63) is 27.9 Å². The van der Waals surface area contributed by atoms with Crippen molar-refractivity contribution < 1.29 is 0 Å². The van der Waals surface area contributed by atoms with Gasteiger partial charge in [-0.1, -0.05) is 6.92 Å². The molecule has 0 unspecified atom stereocenters. The van der Waals surface area contributed by atoms with E-state index in [9.17, 15) is 4.79 Å².